The van der Waals surface area contributed by atoms with Gasteiger partial charge in [0.15, 0.2) is 11.5 Å². The van der Waals surface area contributed by atoms with Gasteiger partial charge in [0, 0.05) is 5.69 Å². The molecule has 0 bridgehead atoms. The number of hydrogen-bond donors (Lipinski definition) is 2. The predicted molar refractivity (Wildman–Crippen MR) is 99.8 cm³/mol. The van der Waals surface area contributed by atoms with Crippen LogP contribution in [0.4, 0.5) is 5.69 Å². The number of carbonyl (C=O) groups is 2. The zero-order valence-corrected chi connectivity index (χ0v) is 14.9. The van der Waals surface area contributed by atoms with Gasteiger partial charge in [-0.15, -0.1) is 0 Å². The first-order valence-corrected chi connectivity index (χ1v) is 8.05. The van der Waals surface area contributed by atoms with Crippen molar-refractivity contribution >= 4 is 23.6 Å². The van der Waals surface area contributed by atoms with Crippen molar-refractivity contribution in [2.75, 3.05) is 19.0 Å². The van der Waals surface area contributed by atoms with E-state index >= 15 is 0 Å². The van der Waals surface area contributed by atoms with E-state index in [0.29, 0.717) is 23.7 Å². The van der Waals surface area contributed by atoms with Crippen LogP contribution in [0.15, 0.2) is 48.0 Å². The van der Waals surface area contributed by atoms with Crippen LogP contribution >= 0.6 is 0 Å². The molecule has 0 aliphatic heterocycles. The minimum Gasteiger partial charge on any atom is -0.493 e. The van der Waals surface area contributed by atoms with E-state index in [1.54, 1.807) is 24.3 Å². The minimum absolute atomic E-state index is 0.0341. The second kappa shape index (κ2) is 9.06. The summed E-state index contributed by atoms with van der Waals surface area (Å²) in [5.41, 5.74) is 0.770. The van der Waals surface area contributed by atoms with Gasteiger partial charge >= 0.3 is 5.97 Å². The van der Waals surface area contributed by atoms with Crippen molar-refractivity contribution in [3.63, 3.8) is 0 Å². The maximum absolute atomic E-state index is 12.4. The van der Waals surface area contributed by atoms with Gasteiger partial charge in [-0.25, -0.2) is 4.79 Å². The fourth-order valence-corrected chi connectivity index (χ4v) is 2.30. The molecule has 7 heteroatoms. The molecule has 0 saturated heterocycles. The first kappa shape index (κ1) is 19.5. The lowest BCUT2D eigenvalue weighted by molar-refractivity contribution is -0.112. The van der Waals surface area contributed by atoms with Crippen molar-refractivity contribution in [2.45, 2.75) is 6.92 Å². The Morgan fingerprint density at radius 2 is 2.00 bits per heavy atom. The van der Waals surface area contributed by atoms with Crippen molar-refractivity contribution in [3.8, 4) is 17.6 Å². The number of carboxylic acid groups (broad SMARTS) is 1. The number of anilines is 1. The van der Waals surface area contributed by atoms with Gasteiger partial charge in [-0.3, -0.25) is 4.79 Å². The molecular weight excluding hydrogens is 348 g/mol. The van der Waals surface area contributed by atoms with Crippen molar-refractivity contribution in [3.05, 3.63) is 59.2 Å². The van der Waals surface area contributed by atoms with E-state index in [0.717, 1.165) is 0 Å². The Morgan fingerprint density at radius 3 is 2.63 bits per heavy atom. The van der Waals surface area contributed by atoms with Gasteiger partial charge in [0.2, 0.25) is 0 Å². The summed E-state index contributed by atoms with van der Waals surface area (Å²) in [4.78, 5) is 23.4. The molecule has 0 aliphatic rings. The Balaban J connectivity index is 2.26. The molecule has 0 radical (unpaired) electrons. The van der Waals surface area contributed by atoms with Crippen molar-refractivity contribution in [1.82, 2.24) is 0 Å². The van der Waals surface area contributed by atoms with E-state index in [1.807, 2.05) is 13.0 Å². The van der Waals surface area contributed by atoms with E-state index in [9.17, 15) is 14.9 Å². The molecule has 0 fully saturated rings. The molecule has 2 N–H and O–H groups in total. The average Bonchev–Trinajstić information content (AvgIpc) is 2.66. The quantitative estimate of drug-likeness (QED) is 0.575. The Kier molecular flexibility index (Phi) is 6.55. The molecule has 0 atom stereocenters. The third-order valence-electron chi connectivity index (χ3n) is 3.53. The van der Waals surface area contributed by atoms with Crippen LogP contribution in [0, 0.1) is 11.3 Å². The summed E-state index contributed by atoms with van der Waals surface area (Å²) in [6, 6.07) is 12.7. The third kappa shape index (κ3) is 5.09. The van der Waals surface area contributed by atoms with E-state index in [-0.39, 0.29) is 16.8 Å². The van der Waals surface area contributed by atoms with Crippen LogP contribution in [0.3, 0.4) is 0 Å². The second-order valence-corrected chi connectivity index (χ2v) is 5.35. The maximum Gasteiger partial charge on any atom is 0.335 e. The molecular formula is C20H18N2O5. The molecule has 0 spiro atoms. The molecule has 2 aromatic rings. The topological polar surface area (TPSA) is 109 Å². The molecule has 0 aromatic heterocycles. The van der Waals surface area contributed by atoms with Gasteiger partial charge in [0.1, 0.15) is 11.6 Å². The molecule has 27 heavy (non-hydrogen) atoms. The number of nitrogens with one attached hydrogen (secondary N) is 1. The highest BCUT2D eigenvalue weighted by molar-refractivity contribution is 6.10. The first-order chi connectivity index (χ1) is 13.0. The fourth-order valence-electron chi connectivity index (χ4n) is 2.30. The molecule has 138 valence electrons. The number of amides is 1. The third-order valence-corrected chi connectivity index (χ3v) is 3.53. The molecule has 1 amide bonds. The van der Waals surface area contributed by atoms with Crippen LogP contribution in [-0.2, 0) is 4.79 Å². The first-order valence-electron chi connectivity index (χ1n) is 8.05. The van der Waals surface area contributed by atoms with E-state index in [4.69, 9.17) is 14.6 Å². The number of nitriles is 1. The van der Waals surface area contributed by atoms with Gasteiger partial charge in [-0.2, -0.15) is 5.26 Å². The Bertz CT molecular complexity index is 928. The standard InChI is InChI=1S/C20H18N2O5/c1-3-27-18-10-13(7-8-17(18)26-2)9-15(12-21)19(23)22-16-6-4-5-14(11-16)20(24)25/h4-11H,3H2,1-2H3,(H,22,23)(H,24,25)/b15-9-. The number of hydrogen-bond acceptors (Lipinski definition) is 5. The second-order valence-electron chi connectivity index (χ2n) is 5.35. The van der Waals surface area contributed by atoms with Crippen LogP contribution in [0.5, 0.6) is 11.5 Å². The zero-order valence-electron chi connectivity index (χ0n) is 14.9. The smallest absolute Gasteiger partial charge is 0.335 e. The summed E-state index contributed by atoms with van der Waals surface area (Å²) in [6.07, 6.45) is 1.42. The monoisotopic (exact) mass is 366 g/mol. The van der Waals surface area contributed by atoms with Gasteiger partial charge < -0.3 is 19.9 Å². The summed E-state index contributed by atoms with van der Waals surface area (Å²) in [5, 5.41) is 20.9. The molecule has 0 saturated carbocycles. The molecule has 0 unspecified atom stereocenters. The number of carboxylic acids is 1. The highest BCUT2D eigenvalue weighted by atomic mass is 16.5. The number of aromatic carboxylic acids is 1. The van der Waals surface area contributed by atoms with Crippen LogP contribution < -0.4 is 14.8 Å². The Morgan fingerprint density at radius 1 is 1.22 bits per heavy atom. The maximum atomic E-state index is 12.4. The molecule has 7 nitrogen and oxygen atoms in total. The van der Waals surface area contributed by atoms with Crippen molar-refractivity contribution in [1.29, 1.82) is 5.26 Å². The summed E-state index contributed by atoms with van der Waals surface area (Å²) >= 11 is 0. The highest BCUT2D eigenvalue weighted by Crippen LogP contribution is 2.29. The lowest BCUT2D eigenvalue weighted by Gasteiger charge is -2.10. The van der Waals surface area contributed by atoms with E-state index in [2.05, 4.69) is 5.32 Å². The SMILES string of the molecule is CCOc1cc(/C=C(/C#N)C(=O)Nc2cccc(C(=O)O)c2)ccc1OC. The summed E-state index contributed by atoms with van der Waals surface area (Å²) in [6.45, 7) is 2.27. The lowest BCUT2D eigenvalue weighted by Crippen LogP contribution is -2.14. The molecule has 2 aromatic carbocycles. The highest BCUT2D eigenvalue weighted by Gasteiger charge is 2.12. The van der Waals surface area contributed by atoms with Crippen LogP contribution in [0.1, 0.15) is 22.8 Å². The van der Waals surface area contributed by atoms with Gasteiger partial charge in [-0.1, -0.05) is 12.1 Å². The largest absolute Gasteiger partial charge is 0.493 e. The summed E-state index contributed by atoms with van der Waals surface area (Å²) in [7, 11) is 1.52. The normalized spacial score (nSPS) is 10.6. The van der Waals surface area contributed by atoms with Gasteiger partial charge in [-0.05, 0) is 48.9 Å². The van der Waals surface area contributed by atoms with Crippen molar-refractivity contribution in [2.24, 2.45) is 0 Å². The molecule has 2 rings (SSSR count). The average molecular weight is 366 g/mol. The van der Waals surface area contributed by atoms with Crippen LogP contribution in [0.2, 0.25) is 0 Å². The Hall–Kier alpha value is -3.79. The number of rotatable bonds is 7. The molecule has 0 heterocycles. The van der Waals surface area contributed by atoms with Crippen LogP contribution in [-0.4, -0.2) is 30.7 Å². The van der Waals surface area contributed by atoms with Crippen LogP contribution in [0.25, 0.3) is 6.08 Å². The number of carbonyl (C=O) groups excluding carboxylic acids is 1. The van der Waals surface area contributed by atoms with Gasteiger partial charge in [0.05, 0.1) is 19.3 Å². The minimum atomic E-state index is -1.11. The zero-order chi connectivity index (χ0) is 19.8. The number of methoxy groups -OCH3 is 1. The van der Waals surface area contributed by atoms with Gasteiger partial charge in [0.25, 0.3) is 5.91 Å². The van der Waals surface area contributed by atoms with Crippen molar-refractivity contribution < 1.29 is 24.2 Å². The van der Waals surface area contributed by atoms with E-state index in [1.165, 1.54) is 31.4 Å². The number of nitrogens with zero attached hydrogens (tertiary/aromatic N) is 1. The molecule has 0 aliphatic carbocycles. The fraction of sp³-hybridized carbons (Fsp3) is 0.150. The number of ether oxygens (including phenoxy) is 2. The predicted octanol–water partition coefficient (Wildman–Crippen LogP) is 3.34. The van der Waals surface area contributed by atoms with E-state index < -0.39 is 11.9 Å². The lowest BCUT2D eigenvalue weighted by atomic mass is 10.1. The summed E-state index contributed by atoms with van der Waals surface area (Å²) in [5.74, 6) is -0.708. The summed E-state index contributed by atoms with van der Waals surface area (Å²) < 4.78 is 10.7. The number of benzene rings is 2. The Labute approximate surface area is 156 Å².